The van der Waals surface area contributed by atoms with Crippen LogP contribution in [-0.2, 0) is 11.3 Å². The monoisotopic (exact) mass is 328 g/mol. The van der Waals surface area contributed by atoms with Gasteiger partial charge in [-0.3, -0.25) is 9.69 Å². The van der Waals surface area contributed by atoms with Crippen molar-refractivity contribution >= 4 is 23.4 Å². The van der Waals surface area contributed by atoms with E-state index in [4.69, 9.17) is 0 Å². The molecule has 0 bridgehead atoms. The molecule has 2 aromatic rings. The number of hydrogen-bond acceptors (Lipinski definition) is 3. The van der Waals surface area contributed by atoms with Gasteiger partial charge in [0.15, 0.2) is 0 Å². The molecule has 0 atom stereocenters. The number of thioether (sulfide) groups is 1. The molecule has 0 radical (unpaired) electrons. The summed E-state index contributed by atoms with van der Waals surface area (Å²) in [7, 11) is 1.97. The van der Waals surface area contributed by atoms with Gasteiger partial charge in [-0.2, -0.15) is 0 Å². The Hall–Kier alpha value is -1.78. The predicted octanol–water partition coefficient (Wildman–Crippen LogP) is 4.10. The zero-order valence-corrected chi connectivity index (χ0v) is 15.0. The molecule has 0 saturated carbocycles. The lowest BCUT2D eigenvalue weighted by Gasteiger charge is -2.18. The second-order valence-electron chi connectivity index (χ2n) is 5.84. The number of aryl methyl sites for hydroxylation is 2. The van der Waals surface area contributed by atoms with Crippen LogP contribution in [-0.4, -0.2) is 30.7 Å². The molecule has 0 aliphatic rings. The lowest BCUT2D eigenvalue weighted by atomic mass is 10.1. The van der Waals surface area contributed by atoms with Crippen molar-refractivity contribution in [3.05, 3.63) is 59.2 Å². The van der Waals surface area contributed by atoms with Gasteiger partial charge in [0.05, 0.1) is 6.54 Å². The molecule has 2 aromatic carbocycles. The number of para-hydroxylation sites is 1. The van der Waals surface area contributed by atoms with Crippen LogP contribution in [0.4, 0.5) is 5.69 Å². The van der Waals surface area contributed by atoms with Gasteiger partial charge in [-0.25, -0.2) is 0 Å². The third-order valence-corrected chi connectivity index (χ3v) is 4.51. The fraction of sp³-hybridized carbons (Fsp3) is 0.316. The highest BCUT2D eigenvalue weighted by atomic mass is 32.2. The van der Waals surface area contributed by atoms with Crippen LogP contribution in [0.3, 0.4) is 0 Å². The van der Waals surface area contributed by atoms with E-state index in [1.165, 1.54) is 10.5 Å². The first-order chi connectivity index (χ1) is 11.0. The Bertz CT molecular complexity index is 647. The van der Waals surface area contributed by atoms with Gasteiger partial charge in [0.25, 0.3) is 0 Å². The highest BCUT2D eigenvalue weighted by molar-refractivity contribution is 7.98. The topological polar surface area (TPSA) is 32.3 Å². The fourth-order valence-corrected chi connectivity index (χ4v) is 2.94. The molecule has 3 nitrogen and oxygen atoms in total. The summed E-state index contributed by atoms with van der Waals surface area (Å²) in [5.74, 6) is 0.0191. The quantitative estimate of drug-likeness (QED) is 0.811. The lowest BCUT2D eigenvalue weighted by Crippen LogP contribution is -2.30. The number of likely N-dealkylation sites (N-methyl/N-ethyl adjacent to an activating group) is 1. The Labute approximate surface area is 143 Å². The Kier molecular flexibility index (Phi) is 6.25. The van der Waals surface area contributed by atoms with Crippen LogP contribution in [0.1, 0.15) is 16.7 Å². The number of benzene rings is 2. The zero-order chi connectivity index (χ0) is 16.8. The van der Waals surface area contributed by atoms with E-state index in [0.717, 1.165) is 23.4 Å². The van der Waals surface area contributed by atoms with E-state index in [-0.39, 0.29) is 5.91 Å². The highest BCUT2D eigenvalue weighted by Gasteiger charge is 2.10. The summed E-state index contributed by atoms with van der Waals surface area (Å²) in [6.07, 6.45) is 2.07. The first-order valence-electron chi connectivity index (χ1n) is 7.67. The van der Waals surface area contributed by atoms with E-state index < -0.39 is 0 Å². The number of anilines is 1. The molecule has 23 heavy (non-hydrogen) atoms. The van der Waals surface area contributed by atoms with Gasteiger partial charge in [0.1, 0.15) is 0 Å². The molecular weight excluding hydrogens is 304 g/mol. The minimum atomic E-state index is 0.0191. The summed E-state index contributed by atoms with van der Waals surface area (Å²) in [5, 5.41) is 3.03. The van der Waals surface area contributed by atoms with Crippen molar-refractivity contribution in [3.63, 3.8) is 0 Å². The minimum Gasteiger partial charge on any atom is -0.324 e. The van der Waals surface area contributed by atoms with E-state index >= 15 is 0 Å². The van der Waals surface area contributed by atoms with E-state index in [9.17, 15) is 4.79 Å². The van der Waals surface area contributed by atoms with Crippen LogP contribution in [0.15, 0.2) is 47.4 Å². The van der Waals surface area contributed by atoms with Crippen molar-refractivity contribution in [2.24, 2.45) is 0 Å². The largest absolute Gasteiger partial charge is 0.324 e. The maximum atomic E-state index is 12.3. The molecule has 0 heterocycles. The van der Waals surface area contributed by atoms with Crippen LogP contribution in [0.5, 0.6) is 0 Å². The van der Waals surface area contributed by atoms with Crippen LogP contribution < -0.4 is 5.32 Å². The molecule has 1 amide bonds. The number of carbonyl (C=O) groups is 1. The molecule has 0 aliphatic heterocycles. The second kappa shape index (κ2) is 8.18. The third kappa shape index (κ3) is 5.12. The number of rotatable bonds is 6. The van der Waals surface area contributed by atoms with E-state index in [1.807, 2.05) is 44.0 Å². The maximum Gasteiger partial charge on any atom is 0.238 e. The summed E-state index contributed by atoms with van der Waals surface area (Å²) < 4.78 is 0. The standard InChI is InChI=1S/C19H24N2OS/c1-14-6-5-7-15(2)19(14)20-18(22)13-21(3)12-16-8-10-17(23-4)11-9-16/h5-11H,12-13H2,1-4H3,(H,20,22). The minimum absolute atomic E-state index is 0.0191. The first-order valence-corrected chi connectivity index (χ1v) is 8.89. The molecule has 0 unspecified atom stereocenters. The van der Waals surface area contributed by atoms with Gasteiger partial charge >= 0.3 is 0 Å². The van der Waals surface area contributed by atoms with Crippen molar-refractivity contribution in [3.8, 4) is 0 Å². The Morgan fingerprint density at radius 3 is 2.26 bits per heavy atom. The number of nitrogens with one attached hydrogen (secondary N) is 1. The van der Waals surface area contributed by atoms with E-state index in [1.54, 1.807) is 11.8 Å². The van der Waals surface area contributed by atoms with E-state index in [2.05, 4.69) is 35.8 Å². The average molecular weight is 328 g/mol. The van der Waals surface area contributed by atoms with Gasteiger partial charge in [-0.15, -0.1) is 11.8 Å². The molecule has 0 fully saturated rings. The van der Waals surface area contributed by atoms with Gasteiger partial charge in [-0.1, -0.05) is 30.3 Å². The SMILES string of the molecule is CSc1ccc(CN(C)CC(=O)Nc2c(C)cccc2C)cc1. The van der Waals surface area contributed by atoms with Crippen LogP contribution in [0, 0.1) is 13.8 Å². The van der Waals surface area contributed by atoms with Crippen molar-refractivity contribution in [2.45, 2.75) is 25.3 Å². The number of hydrogen-bond donors (Lipinski definition) is 1. The lowest BCUT2D eigenvalue weighted by molar-refractivity contribution is -0.117. The average Bonchev–Trinajstić information content (AvgIpc) is 2.51. The maximum absolute atomic E-state index is 12.3. The van der Waals surface area contributed by atoms with Gasteiger partial charge in [-0.05, 0) is 56.0 Å². The Morgan fingerprint density at radius 2 is 1.70 bits per heavy atom. The number of nitrogens with zero attached hydrogens (tertiary/aromatic N) is 1. The fourth-order valence-electron chi connectivity index (χ4n) is 2.53. The molecule has 0 spiro atoms. The molecule has 4 heteroatoms. The molecule has 0 aromatic heterocycles. The van der Waals surface area contributed by atoms with Crippen LogP contribution >= 0.6 is 11.8 Å². The van der Waals surface area contributed by atoms with Gasteiger partial charge < -0.3 is 5.32 Å². The molecule has 0 saturated heterocycles. The van der Waals surface area contributed by atoms with Crippen molar-refractivity contribution in [1.29, 1.82) is 0 Å². The predicted molar refractivity (Wildman–Crippen MR) is 99.1 cm³/mol. The third-order valence-electron chi connectivity index (χ3n) is 3.77. The van der Waals surface area contributed by atoms with Crippen LogP contribution in [0.25, 0.3) is 0 Å². The molecule has 2 rings (SSSR count). The second-order valence-corrected chi connectivity index (χ2v) is 6.72. The van der Waals surface area contributed by atoms with Gasteiger partial charge in [0.2, 0.25) is 5.91 Å². The molecular formula is C19H24N2OS. The van der Waals surface area contributed by atoms with Crippen LogP contribution in [0.2, 0.25) is 0 Å². The summed E-state index contributed by atoms with van der Waals surface area (Å²) in [4.78, 5) is 15.5. The summed E-state index contributed by atoms with van der Waals surface area (Å²) >= 11 is 1.73. The number of carbonyl (C=O) groups excluding carboxylic acids is 1. The molecule has 0 aliphatic carbocycles. The first kappa shape index (κ1) is 17.6. The normalized spacial score (nSPS) is 10.8. The van der Waals surface area contributed by atoms with Crippen molar-refractivity contribution in [1.82, 2.24) is 4.90 Å². The zero-order valence-electron chi connectivity index (χ0n) is 14.2. The van der Waals surface area contributed by atoms with Crippen molar-refractivity contribution < 1.29 is 4.79 Å². The highest BCUT2D eigenvalue weighted by Crippen LogP contribution is 2.19. The number of amides is 1. The molecule has 122 valence electrons. The molecule has 1 N–H and O–H groups in total. The summed E-state index contributed by atoms with van der Waals surface area (Å²) in [5.41, 5.74) is 4.32. The van der Waals surface area contributed by atoms with Crippen molar-refractivity contribution in [2.75, 3.05) is 25.2 Å². The Morgan fingerprint density at radius 1 is 1.09 bits per heavy atom. The smallest absolute Gasteiger partial charge is 0.238 e. The summed E-state index contributed by atoms with van der Waals surface area (Å²) in [6, 6.07) is 14.5. The Balaban J connectivity index is 1.91. The van der Waals surface area contributed by atoms with E-state index in [0.29, 0.717) is 6.54 Å². The summed E-state index contributed by atoms with van der Waals surface area (Å²) in [6.45, 7) is 5.16. The van der Waals surface area contributed by atoms with Gasteiger partial charge in [0, 0.05) is 17.1 Å².